The first kappa shape index (κ1) is 19.2. The van der Waals surface area contributed by atoms with Crippen LogP contribution in [0.1, 0.15) is 11.1 Å². The number of carbonyl (C=O) groups excluding carboxylic acids is 1. The molecule has 0 radical (unpaired) electrons. The van der Waals surface area contributed by atoms with Crippen LogP contribution in [0.3, 0.4) is 0 Å². The topological polar surface area (TPSA) is 51.2 Å². The Balaban J connectivity index is 1.51. The van der Waals surface area contributed by atoms with Gasteiger partial charge in [0.1, 0.15) is 17.4 Å². The Morgan fingerprint density at radius 2 is 1.82 bits per heavy atom. The van der Waals surface area contributed by atoms with Gasteiger partial charge in [0, 0.05) is 30.4 Å². The van der Waals surface area contributed by atoms with Gasteiger partial charge in [-0.25, -0.2) is 13.8 Å². The molecule has 0 unspecified atom stereocenters. The normalized spacial score (nSPS) is 10.8. The maximum Gasteiger partial charge on any atom is 0.244 e. The third-order valence-electron chi connectivity index (χ3n) is 3.87. The van der Waals surface area contributed by atoms with E-state index in [1.165, 1.54) is 6.07 Å². The van der Waals surface area contributed by atoms with Gasteiger partial charge in [0.2, 0.25) is 11.8 Å². The smallest absolute Gasteiger partial charge is 0.244 e. The number of hydrogen-bond donors (Lipinski definition) is 1. The van der Waals surface area contributed by atoms with Crippen LogP contribution in [-0.4, -0.2) is 17.4 Å². The van der Waals surface area contributed by atoms with Crippen molar-refractivity contribution in [1.82, 2.24) is 10.3 Å². The third kappa shape index (κ3) is 5.48. The van der Waals surface area contributed by atoms with E-state index in [4.69, 9.17) is 4.74 Å². The molecule has 1 N–H and O–H groups in total. The molecule has 1 amide bonds. The minimum Gasteiger partial charge on any atom is -0.439 e. The van der Waals surface area contributed by atoms with Crippen molar-refractivity contribution in [3.05, 3.63) is 95.7 Å². The summed E-state index contributed by atoms with van der Waals surface area (Å²) >= 11 is 0. The first-order valence-corrected chi connectivity index (χ1v) is 8.69. The zero-order chi connectivity index (χ0) is 19.8. The van der Waals surface area contributed by atoms with E-state index >= 15 is 0 Å². The molecular formula is C22H18F2N2O2. The van der Waals surface area contributed by atoms with Crippen LogP contribution in [0, 0.1) is 11.6 Å². The molecule has 1 aromatic heterocycles. The summed E-state index contributed by atoms with van der Waals surface area (Å²) in [4.78, 5) is 16.0. The monoisotopic (exact) mass is 380 g/mol. The predicted octanol–water partition coefficient (Wildman–Crippen LogP) is 4.52. The molecule has 0 saturated carbocycles. The van der Waals surface area contributed by atoms with Crippen LogP contribution in [0.2, 0.25) is 0 Å². The molecule has 4 nitrogen and oxygen atoms in total. The van der Waals surface area contributed by atoms with Crippen LogP contribution in [0.4, 0.5) is 8.78 Å². The molecule has 0 spiro atoms. The summed E-state index contributed by atoms with van der Waals surface area (Å²) in [6.07, 6.45) is 4.46. The fraction of sp³-hybridized carbons (Fsp3) is 0.0909. The Bertz CT molecular complexity index is 955. The quantitative estimate of drug-likeness (QED) is 0.613. The summed E-state index contributed by atoms with van der Waals surface area (Å²) in [6, 6.07) is 16.4. The minimum absolute atomic E-state index is 0.239. The molecule has 0 aliphatic carbocycles. The second kappa shape index (κ2) is 9.41. The Labute approximate surface area is 161 Å². The van der Waals surface area contributed by atoms with Crippen LogP contribution in [0.25, 0.3) is 6.08 Å². The van der Waals surface area contributed by atoms with Gasteiger partial charge < -0.3 is 10.1 Å². The highest BCUT2D eigenvalue weighted by atomic mass is 19.1. The molecule has 0 aliphatic rings. The Hall–Kier alpha value is -3.54. The van der Waals surface area contributed by atoms with Gasteiger partial charge >= 0.3 is 0 Å². The Morgan fingerprint density at radius 3 is 2.57 bits per heavy atom. The van der Waals surface area contributed by atoms with Crippen LogP contribution in [0.5, 0.6) is 11.6 Å². The van der Waals surface area contributed by atoms with Crippen LogP contribution < -0.4 is 10.1 Å². The number of aromatic nitrogens is 1. The average molecular weight is 380 g/mol. The van der Waals surface area contributed by atoms with Crippen molar-refractivity contribution >= 4 is 12.0 Å². The van der Waals surface area contributed by atoms with E-state index in [0.29, 0.717) is 24.6 Å². The second-order valence-electron chi connectivity index (χ2n) is 5.93. The van der Waals surface area contributed by atoms with Crippen molar-refractivity contribution in [2.24, 2.45) is 0 Å². The minimum atomic E-state index is -0.714. The van der Waals surface area contributed by atoms with Crippen molar-refractivity contribution in [1.29, 1.82) is 0 Å². The summed E-state index contributed by atoms with van der Waals surface area (Å²) in [5.74, 6) is -0.706. The summed E-state index contributed by atoms with van der Waals surface area (Å²) in [7, 11) is 0. The lowest BCUT2D eigenvalue weighted by atomic mass is 10.1. The number of carbonyl (C=O) groups is 1. The van der Waals surface area contributed by atoms with E-state index in [0.717, 1.165) is 29.8 Å². The molecule has 0 aliphatic heterocycles. The highest BCUT2D eigenvalue weighted by molar-refractivity contribution is 5.91. The van der Waals surface area contributed by atoms with Crippen LogP contribution >= 0.6 is 0 Å². The standard InChI is InChI=1S/C22H18F2N2O2/c23-19-7-4-8-20(24)18(19)10-11-21(27)25-14-12-16-5-3-6-17(15-16)28-22-9-1-2-13-26-22/h1-11,13,15H,12,14H2,(H,25,27). The maximum absolute atomic E-state index is 13.5. The lowest BCUT2D eigenvalue weighted by molar-refractivity contribution is -0.116. The van der Waals surface area contributed by atoms with Crippen molar-refractivity contribution in [3.63, 3.8) is 0 Å². The van der Waals surface area contributed by atoms with Crippen LogP contribution in [-0.2, 0) is 11.2 Å². The summed E-state index contributed by atoms with van der Waals surface area (Å²) in [5.41, 5.74) is 0.731. The number of amides is 1. The molecule has 0 fully saturated rings. The van der Waals surface area contributed by atoms with Crippen molar-refractivity contribution in [2.75, 3.05) is 6.54 Å². The molecule has 28 heavy (non-hydrogen) atoms. The van der Waals surface area contributed by atoms with E-state index in [9.17, 15) is 13.6 Å². The van der Waals surface area contributed by atoms with Gasteiger partial charge in [-0.05, 0) is 48.4 Å². The first-order chi connectivity index (χ1) is 13.6. The Kier molecular flexibility index (Phi) is 6.46. The number of rotatable bonds is 7. The fourth-order valence-corrected chi connectivity index (χ4v) is 2.51. The number of nitrogens with zero attached hydrogens (tertiary/aromatic N) is 1. The predicted molar refractivity (Wildman–Crippen MR) is 103 cm³/mol. The van der Waals surface area contributed by atoms with E-state index in [1.807, 2.05) is 30.3 Å². The van der Waals surface area contributed by atoms with E-state index in [-0.39, 0.29) is 5.56 Å². The van der Waals surface area contributed by atoms with Gasteiger partial charge in [-0.15, -0.1) is 0 Å². The zero-order valence-corrected chi connectivity index (χ0v) is 14.9. The van der Waals surface area contributed by atoms with E-state index in [1.54, 1.807) is 18.3 Å². The zero-order valence-electron chi connectivity index (χ0n) is 14.9. The number of nitrogens with one attached hydrogen (secondary N) is 1. The summed E-state index contributed by atoms with van der Waals surface area (Å²) < 4.78 is 32.7. The molecular weight excluding hydrogens is 362 g/mol. The molecule has 142 valence electrons. The molecule has 3 aromatic rings. The largest absolute Gasteiger partial charge is 0.439 e. The van der Waals surface area contributed by atoms with Gasteiger partial charge in [-0.1, -0.05) is 24.3 Å². The van der Waals surface area contributed by atoms with Gasteiger partial charge in [0.15, 0.2) is 0 Å². The molecule has 3 rings (SSSR count). The maximum atomic E-state index is 13.5. The van der Waals surface area contributed by atoms with Gasteiger partial charge in [-0.2, -0.15) is 0 Å². The number of halogens is 2. The van der Waals surface area contributed by atoms with E-state index in [2.05, 4.69) is 10.3 Å². The molecule has 0 bridgehead atoms. The lowest BCUT2D eigenvalue weighted by Gasteiger charge is -2.07. The van der Waals surface area contributed by atoms with Gasteiger partial charge in [-0.3, -0.25) is 4.79 Å². The van der Waals surface area contributed by atoms with E-state index < -0.39 is 17.5 Å². The van der Waals surface area contributed by atoms with Crippen molar-refractivity contribution in [2.45, 2.75) is 6.42 Å². The molecule has 0 saturated heterocycles. The SMILES string of the molecule is O=C(C=Cc1c(F)cccc1F)NCCc1cccc(Oc2ccccn2)c1. The number of pyridine rings is 1. The second-order valence-corrected chi connectivity index (χ2v) is 5.93. The fourth-order valence-electron chi connectivity index (χ4n) is 2.51. The molecule has 2 aromatic carbocycles. The molecule has 1 heterocycles. The van der Waals surface area contributed by atoms with Crippen molar-refractivity contribution < 1.29 is 18.3 Å². The summed E-state index contributed by atoms with van der Waals surface area (Å²) in [6.45, 7) is 0.371. The molecule has 6 heteroatoms. The molecule has 0 atom stereocenters. The first-order valence-electron chi connectivity index (χ1n) is 8.69. The van der Waals surface area contributed by atoms with Gasteiger partial charge in [0.25, 0.3) is 0 Å². The number of hydrogen-bond acceptors (Lipinski definition) is 3. The highest BCUT2D eigenvalue weighted by Gasteiger charge is 2.05. The van der Waals surface area contributed by atoms with Gasteiger partial charge in [0.05, 0.1) is 0 Å². The van der Waals surface area contributed by atoms with Crippen molar-refractivity contribution in [3.8, 4) is 11.6 Å². The average Bonchev–Trinajstić information content (AvgIpc) is 2.69. The summed E-state index contributed by atoms with van der Waals surface area (Å²) in [5, 5.41) is 2.69. The highest BCUT2D eigenvalue weighted by Crippen LogP contribution is 2.20. The lowest BCUT2D eigenvalue weighted by Crippen LogP contribution is -2.23. The van der Waals surface area contributed by atoms with Crippen LogP contribution in [0.15, 0.2) is 72.9 Å². The number of benzene rings is 2. The Morgan fingerprint density at radius 1 is 1.04 bits per heavy atom. The number of ether oxygens (including phenoxy) is 1. The third-order valence-corrected chi connectivity index (χ3v) is 3.87.